The van der Waals surface area contributed by atoms with Crippen LogP contribution in [-0.2, 0) is 11.2 Å². The summed E-state index contributed by atoms with van der Waals surface area (Å²) in [5, 5.41) is 3.55. The summed E-state index contributed by atoms with van der Waals surface area (Å²) < 4.78 is 6.15. The monoisotopic (exact) mass is 357 g/mol. The molecule has 0 aliphatic carbocycles. The van der Waals surface area contributed by atoms with E-state index in [0.717, 1.165) is 9.86 Å². The Kier molecular flexibility index (Phi) is 4.06. The molecular weight excluding hydrogens is 346 g/mol. The van der Waals surface area contributed by atoms with Crippen LogP contribution in [0.1, 0.15) is 5.56 Å². The Morgan fingerprint density at radius 2 is 1.82 bits per heavy atom. The molecule has 0 radical (unpaired) electrons. The first-order valence-corrected chi connectivity index (χ1v) is 7.48. The fraction of sp³-hybridized carbons (Fsp3) is 0.0588. The molecule has 1 N–H and O–H groups in total. The van der Waals surface area contributed by atoms with Crippen LogP contribution in [0.4, 0.5) is 5.69 Å². The highest BCUT2D eigenvalue weighted by Gasteiger charge is 2.10. The number of rotatable bonds is 3. The van der Waals surface area contributed by atoms with Gasteiger partial charge in [0.2, 0.25) is 5.91 Å². The van der Waals surface area contributed by atoms with E-state index in [9.17, 15) is 9.59 Å². The molecule has 3 aromatic rings. The van der Waals surface area contributed by atoms with Crippen LogP contribution in [0, 0.1) is 0 Å². The molecule has 0 spiro atoms. The smallest absolute Gasteiger partial charge is 0.339 e. The average Bonchev–Trinajstić information content (AvgIpc) is 2.50. The van der Waals surface area contributed by atoms with Crippen LogP contribution in [0.15, 0.2) is 68.3 Å². The molecule has 22 heavy (non-hydrogen) atoms. The van der Waals surface area contributed by atoms with Crippen LogP contribution in [0.25, 0.3) is 11.0 Å². The fourth-order valence-electron chi connectivity index (χ4n) is 2.14. The Bertz CT molecular complexity index is 884. The predicted molar refractivity (Wildman–Crippen MR) is 89.0 cm³/mol. The van der Waals surface area contributed by atoms with Crippen molar-refractivity contribution in [3.8, 4) is 0 Å². The number of carbonyl (C=O) groups excluding carboxylic acids is 1. The number of para-hydroxylation sites is 1. The highest BCUT2D eigenvalue weighted by molar-refractivity contribution is 9.10. The van der Waals surface area contributed by atoms with Gasteiger partial charge in [-0.05, 0) is 36.4 Å². The summed E-state index contributed by atoms with van der Waals surface area (Å²) in [6.45, 7) is 0. The van der Waals surface area contributed by atoms with E-state index in [0.29, 0.717) is 16.8 Å². The molecule has 0 atom stereocenters. The van der Waals surface area contributed by atoms with Crippen LogP contribution >= 0.6 is 15.9 Å². The molecule has 1 heterocycles. The third-order valence-electron chi connectivity index (χ3n) is 3.19. The van der Waals surface area contributed by atoms with Crippen LogP contribution in [-0.4, -0.2) is 5.91 Å². The second-order valence-corrected chi connectivity index (χ2v) is 5.74. The molecule has 2 aromatic carbocycles. The molecule has 0 aliphatic heterocycles. The highest BCUT2D eigenvalue weighted by Crippen LogP contribution is 2.15. The SMILES string of the molecule is O=C(Cc1cc2ccccc2oc1=O)Nc1ccc(Br)cc1. The normalized spacial score (nSPS) is 10.6. The second-order valence-electron chi connectivity index (χ2n) is 4.83. The van der Waals surface area contributed by atoms with Crippen molar-refractivity contribution in [1.82, 2.24) is 0 Å². The number of benzene rings is 2. The standard InChI is InChI=1S/C17H12BrNO3/c18-13-5-7-14(8-6-13)19-16(20)10-12-9-11-3-1-2-4-15(11)22-17(12)21/h1-9H,10H2,(H,19,20). The van der Waals surface area contributed by atoms with Crippen molar-refractivity contribution in [2.45, 2.75) is 6.42 Å². The Morgan fingerprint density at radius 1 is 1.09 bits per heavy atom. The molecule has 3 rings (SSSR count). The topological polar surface area (TPSA) is 59.3 Å². The number of hydrogen-bond acceptors (Lipinski definition) is 3. The molecule has 1 amide bonds. The molecule has 0 saturated heterocycles. The van der Waals surface area contributed by atoms with Gasteiger partial charge in [0.15, 0.2) is 0 Å². The van der Waals surface area contributed by atoms with Crippen molar-refractivity contribution in [3.05, 3.63) is 75.1 Å². The predicted octanol–water partition coefficient (Wildman–Crippen LogP) is 3.74. The zero-order valence-corrected chi connectivity index (χ0v) is 13.1. The van der Waals surface area contributed by atoms with E-state index in [1.54, 1.807) is 30.3 Å². The van der Waals surface area contributed by atoms with Gasteiger partial charge in [-0.15, -0.1) is 0 Å². The lowest BCUT2D eigenvalue weighted by Gasteiger charge is -2.05. The zero-order valence-electron chi connectivity index (χ0n) is 11.5. The first-order valence-electron chi connectivity index (χ1n) is 6.69. The van der Waals surface area contributed by atoms with Crippen LogP contribution in [0.5, 0.6) is 0 Å². The van der Waals surface area contributed by atoms with Crippen LogP contribution in [0.3, 0.4) is 0 Å². The average molecular weight is 358 g/mol. The number of carbonyl (C=O) groups is 1. The zero-order chi connectivity index (χ0) is 15.5. The largest absolute Gasteiger partial charge is 0.423 e. The van der Waals surface area contributed by atoms with Crippen LogP contribution < -0.4 is 10.9 Å². The van der Waals surface area contributed by atoms with Gasteiger partial charge in [-0.3, -0.25) is 4.79 Å². The van der Waals surface area contributed by atoms with E-state index in [1.165, 1.54) is 0 Å². The summed E-state index contributed by atoms with van der Waals surface area (Å²) in [4.78, 5) is 24.0. The van der Waals surface area contributed by atoms with Crippen LogP contribution in [0.2, 0.25) is 0 Å². The molecule has 0 saturated carbocycles. The van der Waals surface area contributed by atoms with Gasteiger partial charge in [0.05, 0.1) is 6.42 Å². The highest BCUT2D eigenvalue weighted by atomic mass is 79.9. The molecule has 5 heteroatoms. The van der Waals surface area contributed by atoms with Crippen molar-refractivity contribution < 1.29 is 9.21 Å². The van der Waals surface area contributed by atoms with E-state index in [2.05, 4.69) is 21.2 Å². The van der Waals surface area contributed by atoms with Crippen molar-refractivity contribution >= 4 is 38.5 Å². The van der Waals surface area contributed by atoms with Gasteiger partial charge in [-0.2, -0.15) is 0 Å². The minimum Gasteiger partial charge on any atom is -0.423 e. The van der Waals surface area contributed by atoms with Crippen molar-refractivity contribution in [2.75, 3.05) is 5.32 Å². The summed E-state index contributed by atoms with van der Waals surface area (Å²) in [6.07, 6.45) is -0.0246. The summed E-state index contributed by atoms with van der Waals surface area (Å²) in [5.41, 5.74) is 1.06. The lowest BCUT2D eigenvalue weighted by molar-refractivity contribution is -0.115. The number of nitrogens with one attached hydrogen (secondary N) is 1. The molecule has 110 valence electrons. The number of anilines is 1. The minimum absolute atomic E-state index is 0.0246. The quantitative estimate of drug-likeness (QED) is 0.726. The van der Waals surface area contributed by atoms with Gasteiger partial charge < -0.3 is 9.73 Å². The maximum Gasteiger partial charge on any atom is 0.339 e. The number of fused-ring (bicyclic) bond motifs is 1. The van der Waals surface area contributed by atoms with Crippen molar-refractivity contribution in [2.24, 2.45) is 0 Å². The lowest BCUT2D eigenvalue weighted by atomic mass is 10.1. The van der Waals surface area contributed by atoms with E-state index in [1.807, 2.05) is 24.3 Å². The Hall–Kier alpha value is -2.40. The Balaban J connectivity index is 1.80. The van der Waals surface area contributed by atoms with E-state index < -0.39 is 5.63 Å². The van der Waals surface area contributed by atoms with Gasteiger partial charge in [0.1, 0.15) is 5.58 Å². The fourth-order valence-corrected chi connectivity index (χ4v) is 2.40. The molecule has 4 nitrogen and oxygen atoms in total. The van der Waals surface area contributed by atoms with Gasteiger partial charge in [-0.25, -0.2) is 4.79 Å². The van der Waals surface area contributed by atoms with E-state index in [-0.39, 0.29) is 12.3 Å². The van der Waals surface area contributed by atoms with Gasteiger partial charge in [-0.1, -0.05) is 34.1 Å². The van der Waals surface area contributed by atoms with Gasteiger partial charge in [0.25, 0.3) is 0 Å². The lowest BCUT2D eigenvalue weighted by Crippen LogP contribution is -2.19. The van der Waals surface area contributed by atoms with Crippen molar-refractivity contribution in [1.29, 1.82) is 0 Å². The molecular formula is C17H12BrNO3. The van der Waals surface area contributed by atoms with E-state index in [4.69, 9.17) is 4.42 Å². The summed E-state index contributed by atoms with van der Waals surface area (Å²) >= 11 is 3.33. The molecule has 0 bridgehead atoms. The summed E-state index contributed by atoms with van der Waals surface area (Å²) in [7, 11) is 0. The molecule has 0 unspecified atom stereocenters. The van der Waals surface area contributed by atoms with Gasteiger partial charge >= 0.3 is 5.63 Å². The Morgan fingerprint density at radius 3 is 2.59 bits per heavy atom. The maximum atomic E-state index is 12.1. The minimum atomic E-state index is -0.482. The van der Waals surface area contributed by atoms with Gasteiger partial charge in [0, 0.05) is 21.1 Å². The number of hydrogen-bond donors (Lipinski definition) is 1. The maximum absolute atomic E-state index is 12.1. The third kappa shape index (κ3) is 3.26. The number of amides is 1. The first-order chi connectivity index (χ1) is 10.6. The molecule has 0 aliphatic rings. The second kappa shape index (κ2) is 6.15. The van der Waals surface area contributed by atoms with Crippen molar-refractivity contribution in [3.63, 3.8) is 0 Å². The molecule has 1 aromatic heterocycles. The number of halogens is 1. The first kappa shape index (κ1) is 14.5. The van der Waals surface area contributed by atoms with E-state index >= 15 is 0 Å². The summed E-state index contributed by atoms with van der Waals surface area (Å²) in [6, 6.07) is 16.1. The third-order valence-corrected chi connectivity index (χ3v) is 3.72. The summed E-state index contributed by atoms with van der Waals surface area (Å²) in [5.74, 6) is -0.259. The molecule has 0 fully saturated rings. The Labute approximate surface area is 134 Å².